The number of rotatable bonds is 2. The summed E-state index contributed by atoms with van der Waals surface area (Å²) in [6, 6.07) is 6.98. The molecule has 0 spiro atoms. The Hall–Kier alpha value is -0.910. The molecule has 98 valence electrons. The van der Waals surface area contributed by atoms with Gasteiger partial charge in [-0.3, -0.25) is 4.79 Å². The number of carbonyl (C=O) groups excluding carboxylic acids is 1. The molecule has 3 nitrogen and oxygen atoms in total. The minimum atomic E-state index is -0.236. The van der Waals surface area contributed by atoms with Gasteiger partial charge in [0.05, 0.1) is 11.3 Å². The molecule has 6 heteroatoms. The molecule has 0 fully saturated rings. The van der Waals surface area contributed by atoms with Crippen molar-refractivity contribution in [1.29, 1.82) is 0 Å². The van der Waals surface area contributed by atoms with Crippen molar-refractivity contribution in [1.82, 2.24) is 4.98 Å². The minimum absolute atomic E-state index is 0.236. The highest BCUT2D eigenvalue weighted by atomic mass is 79.9. The fourth-order valence-electron chi connectivity index (χ4n) is 1.45. The van der Waals surface area contributed by atoms with Gasteiger partial charge in [0, 0.05) is 15.7 Å². The van der Waals surface area contributed by atoms with E-state index in [1.54, 1.807) is 18.2 Å². The predicted octanol–water partition coefficient (Wildman–Crippen LogP) is 4.82. The second kappa shape index (κ2) is 6.03. The van der Waals surface area contributed by atoms with Crippen LogP contribution >= 0.6 is 43.5 Å². The molecule has 0 unspecified atom stereocenters. The number of anilines is 1. The monoisotopic (exact) mass is 402 g/mol. The van der Waals surface area contributed by atoms with Crippen LogP contribution in [0.5, 0.6) is 0 Å². The molecular weight excluding hydrogens is 395 g/mol. The van der Waals surface area contributed by atoms with E-state index >= 15 is 0 Å². The summed E-state index contributed by atoms with van der Waals surface area (Å²) in [6.45, 7) is 1.90. The van der Waals surface area contributed by atoms with Gasteiger partial charge in [-0.2, -0.15) is 0 Å². The first-order valence-corrected chi connectivity index (χ1v) is 7.32. The number of hydrogen-bond acceptors (Lipinski definition) is 2. The molecule has 1 heterocycles. The van der Waals surface area contributed by atoms with Crippen molar-refractivity contribution >= 4 is 55.1 Å². The molecule has 0 radical (unpaired) electrons. The number of carbonyl (C=O) groups is 1. The number of hydrogen-bond donors (Lipinski definition) is 1. The second-order valence-electron chi connectivity index (χ2n) is 3.90. The topological polar surface area (TPSA) is 42.0 Å². The molecule has 19 heavy (non-hydrogen) atoms. The van der Waals surface area contributed by atoms with Crippen LogP contribution in [-0.2, 0) is 0 Å². The average molecular weight is 404 g/mol. The highest BCUT2D eigenvalue weighted by Crippen LogP contribution is 2.29. The highest BCUT2D eigenvalue weighted by Gasteiger charge is 2.10. The van der Waals surface area contributed by atoms with Gasteiger partial charge in [0.1, 0.15) is 4.60 Å². The van der Waals surface area contributed by atoms with Crippen molar-refractivity contribution in [2.75, 3.05) is 5.32 Å². The van der Waals surface area contributed by atoms with Gasteiger partial charge in [-0.05, 0) is 68.6 Å². The molecule has 0 aliphatic rings. The van der Waals surface area contributed by atoms with E-state index in [9.17, 15) is 4.79 Å². The van der Waals surface area contributed by atoms with Crippen LogP contribution in [0.4, 0.5) is 5.69 Å². The Labute approximate surface area is 132 Å². The van der Waals surface area contributed by atoms with Gasteiger partial charge in [0.15, 0.2) is 0 Å². The number of aryl methyl sites for hydroxylation is 1. The van der Waals surface area contributed by atoms with E-state index in [4.69, 9.17) is 11.6 Å². The van der Waals surface area contributed by atoms with Crippen LogP contribution in [0.1, 0.15) is 15.9 Å². The summed E-state index contributed by atoms with van der Waals surface area (Å²) in [7, 11) is 0. The van der Waals surface area contributed by atoms with Gasteiger partial charge in [-0.25, -0.2) is 4.98 Å². The molecule has 0 aliphatic carbocycles. The van der Waals surface area contributed by atoms with Crippen LogP contribution in [0.3, 0.4) is 0 Å². The summed E-state index contributed by atoms with van der Waals surface area (Å²) >= 11 is 12.7. The van der Waals surface area contributed by atoms with Gasteiger partial charge < -0.3 is 5.32 Å². The number of nitrogens with one attached hydrogen (secondary N) is 1. The molecule has 0 aliphatic heterocycles. The average Bonchev–Trinajstić information content (AvgIpc) is 2.36. The summed E-state index contributed by atoms with van der Waals surface area (Å²) < 4.78 is 1.47. The molecule has 1 amide bonds. The van der Waals surface area contributed by atoms with Gasteiger partial charge >= 0.3 is 0 Å². The summed E-state index contributed by atoms with van der Waals surface area (Å²) in [6.07, 6.45) is 1.50. The van der Waals surface area contributed by atoms with Gasteiger partial charge in [-0.1, -0.05) is 11.6 Å². The van der Waals surface area contributed by atoms with E-state index in [-0.39, 0.29) is 5.91 Å². The normalized spacial score (nSPS) is 10.3. The Morgan fingerprint density at radius 1 is 1.32 bits per heavy atom. The van der Waals surface area contributed by atoms with Crippen LogP contribution in [0, 0.1) is 6.92 Å². The summed E-state index contributed by atoms with van der Waals surface area (Å²) in [4.78, 5) is 16.1. The largest absolute Gasteiger partial charge is 0.321 e. The lowest BCUT2D eigenvalue weighted by Gasteiger charge is -2.09. The maximum absolute atomic E-state index is 12.0. The van der Waals surface area contributed by atoms with Crippen LogP contribution in [0.2, 0.25) is 5.02 Å². The van der Waals surface area contributed by atoms with Crippen molar-refractivity contribution in [3.05, 3.63) is 55.7 Å². The summed E-state index contributed by atoms with van der Waals surface area (Å²) in [5.74, 6) is -0.236. The number of pyridine rings is 1. The Balaban J connectivity index is 2.24. The van der Waals surface area contributed by atoms with Gasteiger partial charge in [-0.15, -0.1) is 0 Å². The molecule has 1 N–H and O–H groups in total. The van der Waals surface area contributed by atoms with E-state index in [2.05, 4.69) is 42.2 Å². The first-order chi connectivity index (χ1) is 8.97. The predicted molar refractivity (Wildman–Crippen MR) is 83.8 cm³/mol. The number of benzene rings is 1. The zero-order valence-corrected chi connectivity index (χ0v) is 13.8. The number of nitrogens with zero attached hydrogens (tertiary/aromatic N) is 1. The van der Waals surface area contributed by atoms with E-state index < -0.39 is 0 Å². The number of amides is 1. The third-order valence-electron chi connectivity index (χ3n) is 2.49. The van der Waals surface area contributed by atoms with E-state index in [0.29, 0.717) is 20.9 Å². The van der Waals surface area contributed by atoms with Gasteiger partial charge in [0.2, 0.25) is 0 Å². The first kappa shape index (κ1) is 14.5. The Kier molecular flexibility index (Phi) is 4.60. The highest BCUT2D eigenvalue weighted by molar-refractivity contribution is 9.10. The van der Waals surface area contributed by atoms with E-state index in [0.717, 1.165) is 10.0 Å². The zero-order valence-electron chi connectivity index (χ0n) is 9.88. The third kappa shape index (κ3) is 3.55. The number of halogens is 3. The van der Waals surface area contributed by atoms with Crippen molar-refractivity contribution in [3.63, 3.8) is 0 Å². The van der Waals surface area contributed by atoms with Crippen molar-refractivity contribution in [2.24, 2.45) is 0 Å². The standard InChI is InChI=1S/C13H9Br2ClN2O/c1-7-4-9(14)11(5-10(7)16)18-13(19)8-2-3-12(15)17-6-8/h2-6H,1H3,(H,18,19). The first-order valence-electron chi connectivity index (χ1n) is 5.36. The van der Waals surface area contributed by atoms with Crippen molar-refractivity contribution < 1.29 is 4.79 Å². The van der Waals surface area contributed by atoms with Crippen LogP contribution in [-0.4, -0.2) is 10.9 Å². The smallest absolute Gasteiger partial charge is 0.257 e. The Morgan fingerprint density at radius 3 is 2.68 bits per heavy atom. The SMILES string of the molecule is Cc1cc(Br)c(NC(=O)c2ccc(Br)nc2)cc1Cl. The number of aromatic nitrogens is 1. The fraction of sp³-hybridized carbons (Fsp3) is 0.0769. The Morgan fingerprint density at radius 2 is 2.05 bits per heavy atom. The van der Waals surface area contributed by atoms with Crippen LogP contribution < -0.4 is 5.32 Å². The lowest BCUT2D eigenvalue weighted by atomic mass is 10.2. The molecule has 0 atom stereocenters. The van der Waals surface area contributed by atoms with E-state index in [1.165, 1.54) is 6.20 Å². The van der Waals surface area contributed by atoms with Crippen LogP contribution in [0.25, 0.3) is 0 Å². The zero-order chi connectivity index (χ0) is 14.0. The molecule has 0 saturated heterocycles. The molecule has 1 aromatic heterocycles. The maximum atomic E-state index is 12.0. The quantitative estimate of drug-likeness (QED) is 0.729. The van der Waals surface area contributed by atoms with Crippen molar-refractivity contribution in [3.8, 4) is 0 Å². The maximum Gasteiger partial charge on any atom is 0.257 e. The summed E-state index contributed by atoms with van der Waals surface area (Å²) in [5, 5.41) is 3.39. The van der Waals surface area contributed by atoms with E-state index in [1.807, 2.05) is 13.0 Å². The Bertz CT molecular complexity index is 629. The molecule has 0 saturated carbocycles. The van der Waals surface area contributed by atoms with Crippen LogP contribution in [0.15, 0.2) is 39.5 Å². The molecule has 0 bridgehead atoms. The fourth-order valence-corrected chi connectivity index (χ4v) is 2.40. The molecular formula is C13H9Br2ClN2O. The molecule has 1 aromatic carbocycles. The summed E-state index contributed by atoms with van der Waals surface area (Å²) in [5.41, 5.74) is 2.05. The molecule has 2 aromatic rings. The van der Waals surface area contributed by atoms with Gasteiger partial charge in [0.25, 0.3) is 5.91 Å². The van der Waals surface area contributed by atoms with Crippen molar-refractivity contribution in [2.45, 2.75) is 6.92 Å². The lowest BCUT2D eigenvalue weighted by molar-refractivity contribution is 0.102. The molecule has 2 rings (SSSR count). The third-order valence-corrected chi connectivity index (χ3v) is 4.02. The lowest BCUT2D eigenvalue weighted by Crippen LogP contribution is -2.12. The second-order valence-corrected chi connectivity index (χ2v) is 5.98. The minimum Gasteiger partial charge on any atom is -0.321 e.